The lowest BCUT2D eigenvalue weighted by Gasteiger charge is -2.06. The molecule has 3 N–H and O–H groups in total. The van der Waals surface area contributed by atoms with Gasteiger partial charge in [-0.1, -0.05) is 0 Å². The van der Waals surface area contributed by atoms with Crippen molar-refractivity contribution >= 4 is 20.9 Å². The summed E-state index contributed by atoms with van der Waals surface area (Å²) < 4.78 is 48.1. The summed E-state index contributed by atoms with van der Waals surface area (Å²) >= 11 is 0. The van der Waals surface area contributed by atoms with Crippen LogP contribution >= 0.6 is 0 Å². The summed E-state index contributed by atoms with van der Waals surface area (Å²) in [5.74, 6) is -1.74. The van der Waals surface area contributed by atoms with Crippen molar-refractivity contribution in [3.63, 3.8) is 0 Å². The number of imidazole rings is 1. The van der Waals surface area contributed by atoms with E-state index in [1.165, 1.54) is 0 Å². The number of halogens is 2. The highest BCUT2D eigenvalue weighted by Crippen LogP contribution is 2.20. The smallest absolute Gasteiger partial charge is 0.161 e. The van der Waals surface area contributed by atoms with Crippen LogP contribution in [0.15, 0.2) is 12.1 Å². The van der Waals surface area contributed by atoms with Crippen LogP contribution in [-0.2, 0) is 9.84 Å². The van der Waals surface area contributed by atoms with E-state index in [2.05, 4.69) is 9.97 Å². The average Bonchev–Trinajstić information content (AvgIpc) is 2.68. The van der Waals surface area contributed by atoms with E-state index < -0.39 is 27.5 Å². The van der Waals surface area contributed by atoms with Crippen LogP contribution in [0.5, 0.6) is 0 Å². The van der Waals surface area contributed by atoms with E-state index in [0.717, 1.165) is 18.4 Å². The average molecular weight is 289 g/mol. The van der Waals surface area contributed by atoms with Crippen molar-refractivity contribution in [3.05, 3.63) is 29.6 Å². The van der Waals surface area contributed by atoms with Gasteiger partial charge in [-0.25, -0.2) is 22.2 Å². The summed E-state index contributed by atoms with van der Waals surface area (Å²) in [6.07, 6.45) is 1.30. The lowest BCUT2D eigenvalue weighted by Crippen LogP contribution is -2.16. The number of hydrogen-bond donors (Lipinski definition) is 2. The van der Waals surface area contributed by atoms with Gasteiger partial charge >= 0.3 is 0 Å². The standard InChI is InChI=1S/C11H13F2N3O2S/c1-19(17,18)3-2-8(14)11-15-9-4-6(12)7(13)5-10(9)16-11/h4-5,8H,2-3,14H2,1H3,(H,15,16). The molecular weight excluding hydrogens is 276 g/mol. The predicted molar refractivity (Wildman–Crippen MR) is 67.3 cm³/mol. The van der Waals surface area contributed by atoms with E-state index >= 15 is 0 Å². The number of fused-ring (bicyclic) bond motifs is 1. The Hall–Kier alpha value is -1.54. The lowest BCUT2D eigenvalue weighted by molar-refractivity contribution is 0.510. The Morgan fingerprint density at radius 1 is 1.37 bits per heavy atom. The van der Waals surface area contributed by atoms with E-state index in [1.54, 1.807) is 0 Å². The van der Waals surface area contributed by atoms with Crippen molar-refractivity contribution in [1.82, 2.24) is 9.97 Å². The molecule has 0 amide bonds. The van der Waals surface area contributed by atoms with E-state index in [4.69, 9.17) is 5.73 Å². The van der Waals surface area contributed by atoms with Crippen LogP contribution in [0.2, 0.25) is 0 Å². The molecule has 1 aromatic carbocycles. The second kappa shape index (κ2) is 4.86. The Morgan fingerprint density at radius 2 is 2.00 bits per heavy atom. The van der Waals surface area contributed by atoms with Crippen molar-refractivity contribution in [3.8, 4) is 0 Å². The Kier molecular flexibility index (Phi) is 3.55. The number of nitrogens with one attached hydrogen (secondary N) is 1. The molecule has 0 aliphatic carbocycles. The number of aromatic amines is 1. The molecule has 0 spiro atoms. The highest BCUT2D eigenvalue weighted by Gasteiger charge is 2.15. The molecule has 0 saturated carbocycles. The first-order chi connectivity index (χ1) is 8.76. The summed E-state index contributed by atoms with van der Waals surface area (Å²) in [4.78, 5) is 6.80. The molecule has 1 unspecified atom stereocenters. The van der Waals surface area contributed by atoms with Gasteiger partial charge in [0.15, 0.2) is 11.6 Å². The van der Waals surface area contributed by atoms with Crippen molar-refractivity contribution in [1.29, 1.82) is 0 Å². The van der Waals surface area contributed by atoms with Crippen LogP contribution in [0.25, 0.3) is 11.0 Å². The molecular formula is C11H13F2N3O2S. The number of sulfone groups is 1. The molecule has 0 radical (unpaired) electrons. The minimum atomic E-state index is -3.11. The number of nitrogens with two attached hydrogens (primary N) is 1. The molecule has 0 bridgehead atoms. The van der Waals surface area contributed by atoms with Crippen molar-refractivity contribution in [2.45, 2.75) is 12.5 Å². The van der Waals surface area contributed by atoms with Gasteiger partial charge in [-0.05, 0) is 6.42 Å². The Morgan fingerprint density at radius 3 is 2.63 bits per heavy atom. The second-order valence-corrected chi connectivity index (χ2v) is 6.69. The van der Waals surface area contributed by atoms with Crippen LogP contribution in [0, 0.1) is 11.6 Å². The molecule has 8 heteroatoms. The number of hydrogen-bond acceptors (Lipinski definition) is 4. The molecule has 2 rings (SSSR count). The number of benzene rings is 1. The maximum atomic E-state index is 13.0. The third kappa shape index (κ3) is 3.27. The number of H-pyrrole nitrogens is 1. The van der Waals surface area contributed by atoms with E-state index in [-0.39, 0.29) is 17.7 Å². The molecule has 0 saturated heterocycles. The Balaban J connectivity index is 2.26. The topological polar surface area (TPSA) is 88.8 Å². The first-order valence-electron chi connectivity index (χ1n) is 5.54. The third-order valence-corrected chi connectivity index (χ3v) is 3.67. The van der Waals surface area contributed by atoms with Gasteiger partial charge in [-0.3, -0.25) is 0 Å². The first kappa shape index (κ1) is 13.9. The molecule has 1 atom stereocenters. The fourth-order valence-corrected chi connectivity index (χ4v) is 2.36. The van der Waals surface area contributed by atoms with Crippen molar-refractivity contribution in [2.75, 3.05) is 12.0 Å². The fraction of sp³-hybridized carbons (Fsp3) is 0.364. The Bertz CT molecular complexity index is 673. The lowest BCUT2D eigenvalue weighted by atomic mass is 10.2. The molecule has 104 valence electrons. The van der Waals surface area contributed by atoms with Gasteiger partial charge in [0.25, 0.3) is 0 Å². The van der Waals surface area contributed by atoms with Gasteiger partial charge in [0.2, 0.25) is 0 Å². The predicted octanol–water partition coefficient (Wildman–Crippen LogP) is 1.28. The van der Waals surface area contributed by atoms with Gasteiger partial charge in [0.1, 0.15) is 15.7 Å². The minimum absolute atomic E-state index is 0.0755. The van der Waals surface area contributed by atoms with Gasteiger partial charge in [-0.2, -0.15) is 0 Å². The largest absolute Gasteiger partial charge is 0.341 e. The summed E-state index contributed by atoms with van der Waals surface area (Å²) in [6, 6.07) is 1.33. The van der Waals surface area contributed by atoms with Gasteiger partial charge in [-0.15, -0.1) is 0 Å². The third-order valence-electron chi connectivity index (χ3n) is 2.69. The molecule has 1 heterocycles. The van der Waals surface area contributed by atoms with Crippen molar-refractivity contribution < 1.29 is 17.2 Å². The molecule has 1 aromatic heterocycles. The van der Waals surface area contributed by atoms with E-state index in [9.17, 15) is 17.2 Å². The quantitative estimate of drug-likeness (QED) is 0.887. The van der Waals surface area contributed by atoms with Crippen LogP contribution < -0.4 is 5.73 Å². The van der Waals surface area contributed by atoms with E-state index in [0.29, 0.717) is 11.3 Å². The summed E-state index contributed by atoms with van der Waals surface area (Å²) in [7, 11) is -3.11. The summed E-state index contributed by atoms with van der Waals surface area (Å²) in [5, 5.41) is 0. The molecule has 0 aliphatic heterocycles. The maximum Gasteiger partial charge on any atom is 0.161 e. The number of nitrogens with zero attached hydrogens (tertiary/aromatic N) is 1. The Labute approximate surface area is 108 Å². The zero-order valence-corrected chi connectivity index (χ0v) is 11.0. The van der Waals surface area contributed by atoms with E-state index in [1.807, 2.05) is 0 Å². The first-order valence-corrected chi connectivity index (χ1v) is 7.60. The van der Waals surface area contributed by atoms with Gasteiger partial charge in [0, 0.05) is 18.4 Å². The van der Waals surface area contributed by atoms with Gasteiger partial charge in [0.05, 0.1) is 22.8 Å². The van der Waals surface area contributed by atoms with Crippen molar-refractivity contribution in [2.24, 2.45) is 5.73 Å². The molecule has 2 aromatic rings. The zero-order chi connectivity index (χ0) is 14.2. The minimum Gasteiger partial charge on any atom is -0.341 e. The van der Waals surface area contributed by atoms with Crippen LogP contribution in [0.1, 0.15) is 18.3 Å². The maximum absolute atomic E-state index is 13.0. The highest BCUT2D eigenvalue weighted by atomic mass is 32.2. The number of rotatable bonds is 4. The molecule has 0 aliphatic rings. The van der Waals surface area contributed by atoms with Gasteiger partial charge < -0.3 is 10.7 Å². The summed E-state index contributed by atoms with van der Waals surface area (Å²) in [5.41, 5.74) is 6.37. The van der Waals surface area contributed by atoms with Crippen LogP contribution in [0.3, 0.4) is 0 Å². The molecule has 0 fully saturated rings. The van der Waals surface area contributed by atoms with Crippen LogP contribution in [0.4, 0.5) is 8.78 Å². The molecule has 19 heavy (non-hydrogen) atoms. The second-order valence-electron chi connectivity index (χ2n) is 4.43. The highest BCUT2D eigenvalue weighted by molar-refractivity contribution is 7.90. The zero-order valence-electron chi connectivity index (χ0n) is 10.2. The SMILES string of the molecule is CS(=O)(=O)CCC(N)c1nc2cc(F)c(F)cc2[nH]1. The normalized spacial score (nSPS) is 13.9. The fourth-order valence-electron chi connectivity index (χ4n) is 1.68. The monoisotopic (exact) mass is 289 g/mol. The summed E-state index contributed by atoms with van der Waals surface area (Å²) in [6.45, 7) is 0. The van der Waals surface area contributed by atoms with Crippen LogP contribution in [-0.4, -0.2) is 30.4 Å². The molecule has 5 nitrogen and oxygen atoms in total. The number of aromatic nitrogens is 2.